The summed E-state index contributed by atoms with van der Waals surface area (Å²) in [5, 5.41) is 1.06. The fraction of sp³-hybridized carbons (Fsp3) is 0.333. The summed E-state index contributed by atoms with van der Waals surface area (Å²) >= 11 is 29.7. The van der Waals surface area contributed by atoms with Crippen LogP contribution in [0, 0.1) is 0 Å². The third-order valence-corrected chi connectivity index (χ3v) is 4.36. The maximum Gasteiger partial charge on any atom is 0.0809 e. The highest BCUT2D eigenvalue weighted by Crippen LogP contribution is 2.46. The van der Waals surface area contributed by atoms with Crippen molar-refractivity contribution in [2.75, 3.05) is 0 Å². The standard InChI is InChI=1S/C9H6BCl5/c1-2-3(10)4-5(11)7(13)9(15)8(14)6(4)12/h3H,2H2,1H3. The number of halogens is 5. The van der Waals surface area contributed by atoms with Gasteiger partial charge < -0.3 is 0 Å². The van der Waals surface area contributed by atoms with Crippen LogP contribution in [0.3, 0.4) is 0 Å². The number of hydrogen-bond acceptors (Lipinski definition) is 0. The van der Waals surface area contributed by atoms with Gasteiger partial charge in [0.2, 0.25) is 0 Å². The van der Waals surface area contributed by atoms with E-state index < -0.39 is 0 Å². The molecule has 0 nitrogen and oxygen atoms in total. The predicted octanol–water partition coefficient (Wildman–Crippen LogP) is 5.57. The van der Waals surface area contributed by atoms with Crippen molar-refractivity contribution in [3.05, 3.63) is 30.7 Å². The minimum Gasteiger partial charge on any atom is -0.0823 e. The van der Waals surface area contributed by atoms with Gasteiger partial charge in [-0.3, -0.25) is 0 Å². The molecular weight excluding hydrogens is 296 g/mol. The van der Waals surface area contributed by atoms with Gasteiger partial charge in [0.05, 0.1) is 33.0 Å². The van der Waals surface area contributed by atoms with E-state index in [4.69, 9.17) is 65.9 Å². The third-order valence-electron chi connectivity index (χ3n) is 2.05. The smallest absolute Gasteiger partial charge is 0.0809 e. The summed E-state index contributed by atoms with van der Waals surface area (Å²) in [5.74, 6) is -0.308. The Labute approximate surface area is 115 Å². The molecule has 1 rings (SSSR count). The molecule has 1 aromatic rings. The Morgan fingerprint density at radius 3 is 1.53 bits per heavy atom. The molecule has 15 heavy (non-hydrogen) atoms. The normalized spacial score (nSPS) is 12.9. The van der Waals surface area contributed by atoms with Gasteiger partial charge in [0.25, 0.3) is 0 Å². The maximum absolute atomic E-state index is 6.01. The molecule has 6 heteroatoms. The van der Waals surface area contributed by atoms with Gasteiger partial charge in [0.1, 0.15) is 0 Å². The molecule has 1 unspecified atom stereocenters. The zero-order valence-corrected chi connectivity index (χ0v) is 11.5. The minimum absolute atomic E-state index is 0.153. The Balaban J connectivity index is 3.52. The molecule has 0 N–H and O–H groups in total. The number of hydrogen-bond donors (Lipinski definition) is 0. The minimum atomic E-state index is -0.308. The van der Waals surface area contributed by atoms with Crippen molar-refractivity contribution in [3.63, 3.8) is 0 Å². The molecule has 0 spiro atoms. The summed E-state index contributed by atoms with van der Waals surface area (Å²) in [6, 6.07) is 0. The average molecular weight is 302 g/mol. The average Bonchev–Trinajstić information content (AvgIpc) is 2.23. The molecule has 0 aliphatic heterocycles. The van der Waals surface area contributed by atoms with Crippen molar-refractivity contribution < 1.29 is 0 Å². The van der Waals surface area contributed by atoms with Gasteiger partial charge in [0, 0.05) is 0 Å². The van der Waals surface area contributed by atoms with E-state index >= 15 is 0 Å². The van der Waals surface area contributed by atoms with Crippen LogP contribution < -0.4 is 0 Å². The van der Waals surface area contributed by atoms with Crippen LogP contribution in [0.4, 0.5) is 0 Å². The van der Waals surface area contributed by atoms with Gasteiger partial charge in [-0.15, -0.1) is 0 Å². The molecule has 0 fully saturated rings. The summed E-state index contributed by atoms with van der Waals surface area (Å²) in [7, 11) is 5.85. The van der Waals surface area contributed by atoms with Crippen molar-refractivity contribution in [3.8, 4) is 0 Å². The van der Waals surface area contributed by atoms with E-state index in [-0.39, 0.29) is 30.9 Å². The van der Waals surface area contributed by atoms with Gasteiger partial charge in [-0.2, -0.15) is 0 Å². The number of rotatable bonds is 2. The third kappa shape index (κ3) is 2.53. The zero-order valence-electron chi connectivity index (χ0n) is 7.75. The van der Waals surface area contributed by atoms with Gasteiger partial charge in [-0.1, -0.05) is 77.2 Å². The lowest BCUT2D eigenvalue weighted by Gasteiger charge is -2.17. The summed E-state index contributed by atoms with van der Waals surface area (Å²) in [5.41, 5.74) is 0.542. The topological polar surface area (TPSA) is 0 Å². The van der Waals surface area contributed by atoms with Gasteiger partial charge in [0.15, 0.2) is 0 Å². The van der Waals surface area contributed by atoms with E-state index in [0.29, 0.717) is 12.0 Å². The molecule has 2 radical (unpaired) electrons. The van der Waals surface area contributed by atoms with Crippen molar-refractivity contribution in [1.82, 2.24) is 0 Å². The molecule has 0 saturated heterocycles. The highest BCUT2D eigenvalue weighted by atomic mass is 35.5. The number of benzene rings is 1. The van der Waals surface area contributed by atoms with Crippen LogP contribution in [-0.2, 0) is 0 Å². The first-order chi connectivity index (χ1) is 6.91. The van der Waals surface area contributed by atoms with Crippen LogP contribution in [-0.4, -0.2) is 7.85 Å². The summed E-state index contributed by atoms with van der Waals surface area (Å²) in [4.78, 5) is 0. The monoisotopic (exact) mass is 300 g/mol. The molecule has 1 atom stereocenters. The van der Waals surface area contributed by atoms with Crippen LogP contribution in [0.25, 0.3) is 0 Å². The molecule has 0 heterocycles. The Bertz CT molecular complexity index is 362. The van der Waals surface area contributed by atoms with E-state index in [2.05, 4.69) is 0 Å². The van der Waals surface area contributed by atoms with Crippen LogP contribution in [0.15, 0.2) is 0 Å². The lowest BCUT2D eigenvalue weighted by molar-refractivity contribution is 0.883. The Morgan fingerprint density at radius 2 is 1.20 bits per heavy atom. The highest BCUT2D eigenvalue weighted by molar-refractivity contribution is 6.55. The van der Waals surface area contributed by atoms with Crippen molar-refractivity contribution >= 4 is 65.9 Å². The fourth-order valence-electron chi connectivity index (χ4n) is 1.15. The first-order valence-corrected chi connectivity index (χ1v) is 6.07. The van der Waals surface area contributed by atoms with Gasteiger partial charge >= 0.3 is 0 Å². The van der Waals surface area contributed by atoms with E-state index in [1.165, 1.54) is 0 Å². The molecule has 0 aromatic heterocycles. The van der Waals surface area contributed by atoms with Crippen molar-refractivity contribution in [2.24, 2.45) is 0 Å². The largest absolute Gasteiger partial charge is 0.0823 e. The van der Waals surface area contributed by atoms with Crippen LogP contribution in [0.1, 0.15) is 24.7 Å². The molecular formula is C9H6BCl5. The van der Waals surface area contributed by atoms with Gasteiger partial charge in [-0.05, 0) is 5.56 Å². The fourth-order valence-corrected chi connectivity index (χ4v) is 2.58. The lowest BCUT2D eigenvalue weighted by atomic mass is 9.79. The molecule has 0 amide bonds. The van der Waals surface area contributed by atoms with Crippen molar-refractivity contribution in [1.29, 1.82) is 0 Å². The Hall–Kier alpha value is 0.735. The van der Waals surface area contributed by atoms with Crippen LogP contribution in [0.5, 0.6) is 0 Å². The van der Waals surface area contributed by atoms with E-state index in [1.807, 2.05) is 6.92 Å². The highest BCUT2D eigenvalue weighted by Gasteiger charge is 2.21. The summed E-state index contributed by atoms with van der Waals surface area (Å²) < 4.78 is 0. The second kappa shape index (κ2) is 5.38. The summed E-state index contributed by atoms with van der Waals surface area (Å²) in [6.45, 7) is 1.91. The van der Waals surface area contributed by atoms with E-state index in [0.717, 1.165) is 0 Å². The molecule has 0 saturated carbocycles. The van der Waals surface area contributed by atoms with E-state index in [1.54, 1.807) is 0 Å². The Kier molecular flexibility index (Phi) is 4.95. The SMILES string of the molecule is [B]C(CC)c1c(Cl)c(Cl)c(Cl)c(Cl)c1Cl. The van der Waals surface area contributed by atoms with Gasteiger partial charge in [-0.25, -0.2) is 0 Å². The summed E-state index contributed by atoms with van der Waals surface area (Å²) in [6.07, 6.45) is 0.674. The second-order valence-corrected chi connectivity index (χ2v) is 4.89. The first-order valence-electron chi connectivity index (χ1n) is 4.18. The quantitative estimate of drug-likeness (QED) is 0.380. The molecule has 80 valence electrons. The molecule has 0 bridgehead atoms. The predicted molar refractivity (Wildman–Crippen MR) is 70.3 cm³/mol. The lowest BCUT2D eigenvalue weighted by Crippen LogP contribution is -2.00. The zero-order chi connectivity index (χ0) is 11.7. The van der Waals surface area contributed by atoms with Crippen molar-refractivity contribution in [2.45, 2.75) is 19.2 Å². The molecule has 0 aliphatic carbocycles. The van der Waals surface area contributed by atoms with Crippen LogP contribution >= 0.6 is 58.0 Å². The van der Waals surface area contributed by atoms with E-state index in [9.17, 15) is 0 Å². The van der Waals surface area contributed by atoms with Crippen LogP contribution in [0.2, 0.25) is 25.1 Å². The molecule has 0 aliphatic rings. The second-order valence-electron chi connectivity index (χ2n) is 3.00. The maximum atomic E-state index is 6.01. The Morgan fingerprint density at radius 1 is 0.867 bits per heavy atom. The molecule has 1 aromatic carbocycles. The first kappa shape index (κ1) is 13.8.